The second kappa shape index (κ2) is 5.67. The lowest BCUT2D eigenvalue weighted by atomic mass is 9.97. The topological polar surface area (TPSA) is 55.8 Å². The molecule has 2 aliphatic heterocycles. The Morgan fingerprint density at radius 3 is 2.62 bits per heavy atom. The Morgan fingerprint density at radius 2 is 1.79 bits per heavy atom. The zero-order chi connectivity index (χ0) is 16.7. The fourth-order valence-electron chi connectivity index (χ4n) is 3.19. The zero-order valence-electron chi connectivity index (χ0n) is 13.4. The third-order valence-electron chi connectivity index (χ3n) is 4.48. The van der Waals surface area contributed by atoms with Gasteiger partial charge in [0.05, 0.1) is 0 Å². The number of benzene rings is 2. The molecule has 0 radical (unpaired) electrons. The van der Waals surface area contributed by atoms with Crippen molar-refractivity contribution in [2.24, 2.45) is 0 Å². The Morgan fingerprint density at radius 1 is 1.00 bits per heavy atom. The number of ketones is 1. The minimum atomic E-state index is -0.0880. The average Bonchev–Trinajstić information content (AvgIpc) is 3.07. The summed E-state index contributed by atoms with van der Waals surface area (Å²) in [5.41, 5.74) is 3.11. The predicted molar refractivity (Wildman–Crippen MR) is 89.0 cm³/mol. The van der Waals surface area contributed by atoms with Crippen LogP contribution in [-0.2, 0) is 6.42 Å². The van der Waals surface area contributed by atoms with Crippen molar-refractivity contribution in [3.63, 3.8) is 0 Å². The van der Waals surface area contributed by atoms with Crippen LogP contribution in [0.2, 0.25) is 0 Å². The number of carbonyl (C=O) groups excluding carboxylic acids is 2. The molecule has 2 heterocycles. The molecule has 0 saturated carbocycles. The number of anilines is 1. The van der Waals surface area contributed by atoms with Gasteiger partial charge in [-0.25, -0.2) is 0 Å². The molecule has 0 fully saturated rings. The molecule has 0 spiro atoms. The van der Waals surface area contributed by atoms with E-state index in [0.717, 1.165) is 24.1 Å². The second-order valence-corrected chi connectivity index (χ2v) is 6.03. The molecule has 0 aliphatic carbocycles. The SMILES string of the molecule is CC(=O)c1ccc2c(c1)N(C(=O)c1ccc3c(c1)OCO3)CCC2. The summed E-state index contributed by atoms with van der Waals surface area (Å²) in [6.45, 7) is 2.36. The lowest BCUT2D eigenvalue weighted by Crippen LogP contribution is -2.35. The molecule has 0 atom stereocenters. The monoisotopic (exact) mass is 323 g/mol. The van der Waals surface area contributed by atoms with E-state index in [9.17, 15) is 9.59 Å². The number of rotatable bonds is 2. The van der Waals surface area contributed by atoms with E-state index in [2.05, 4.69) is 0 Å². The van der Waals surface area contributed by atoms with Crippen molar-refractivity contribution in [1.82, 2.24) is 0 Å². The van der Waals surface area contributed by atoms with Gasteiger partial charge in [0.25, 0.3) is 5.91 Å². The van der Waals surface area contributed by atoms with Crippen molar-refractivity contribution in [2.75, 3.05) is 18.2 Å². The first kappa shape index (κ1) is 14.8. The van der Waals surface area contributed by atoms with Crippen molar-refractivity contribution in [3.8, 4) is 11.5 Å². The first-order valence-electron chi connectivity index (χ1n) is 7.99. The lowest BCUT2D eigenvalue weighted by molar-refractivity contribution is 0.0981. The summed E-state index contributed by atoms with van der Waals surface area (Å²) in [6.07, 6.45) is 1.82. The molecule has 2 aromatic rings. The van der Waals surface area contributed by atoms with Crippen LogP contribution in [0.15, 0.2) is 36.4 Å². The fourth-order valence-corrected chi connectivity index (χ4v) is 3.19. The number of hydrogen-bond acceptors (Lipinski definition) is 4. The molecule has 0 N–H and O–H groups in total. The second-order valence-electron chi connectivity index (χ2n) is 6.03. The average molecular weight is 323 g/mol. The Hall–Kier alpha value is -2.82. The van der Waals surface area contributed by atoms with Gasteiger partial charge in [0.2, 0.25) is 6.79 Å². The van der Waals surface area contributed by atoms with Crippen molar-refractivity contribution < 1.29 is 19.1 Å². The summed E-state index contributed by atoms with van der Waals surface area (Å²) in [7, 11) is 0. The van der Waals surface area contributed by atoms with Gasteiger partial charge in [-0.2, -0.15) is 0 Å². The van der Waals surface area contributed by atoms with E-state index in [-0.39, 0.29) is 18.5 Å². The van der Waals surface area contributed by atoms with Crippen LogP contribution in [0.5, 0.6) is 11.5 Å². The van der Waals surface area contributed by atoms with Crippen LogP contribution in [0, 0.1) is 0 Å². The molecule has 24 heavy (non-hydrogen) atoms. The Kier molecular flexibility index (Phi) is 3.49. The minimum absolute atomic E-state index is 0.00106. The maximum absolute atomic E-state index is 13.0. The molecule has 0 saturated heterocycles. The van der Waals surface area contributed by atoms with Gasteiger partial charge in [-0.15, -0.1) is 0 Å². The third-order valence-corrected chi connectivity index (χ3v) is 4.48. The van der Waals surface area contributed by atoms with Crippen LogP contribution in [0.25, 0.3) is 0 Å². The molecule has 0 bridgehead atoms. The van der Waals surface area contributed by atoms with Crippen LogP contribution < -0.4 is 14.4 Å². The molecule has 2 aromatic carbocycles. The van der Waals surface area contributed by atoms with Gasteiger partial charge < -0.3 is 14.4 Å². The maximum atomic E-state index is 13.0. The molecule has 0 aromatic heterocycles. The zero-order valence-corrected chi connectivity index (χ0v) is 13.4. The van der Waals surface area contributed by atoms with Crippen LogP contribution in [-0.4, -0.2) is 25.0 Å². The summed E-state index contributed by atoms with van der Waals surface area (Å²) in [5, 5.41) is 0. The number of ether oxygens (including phenoxy) is 2. The summed E-state index contributed by atoms with van der Waals surface area (Å²) in [4.78, 5) is 26.4. The van der Waals surface area contributed by atoms with E-state index in [0.29, 0.717) is 29.2 Å². The van der Waals surface area contributed by atoms with Gasteiger partial charge in [0.15, 0.2) is 17.3 Å². The van der Waals surface area contributed by atoms with E-state index < -0.39 is 0 Å². The number of nitrogens with zero attached hydrogens (tertiary/aromatic N) is 1. The van der Waals surface area contributed by atoms with Gasteiger partial charge in [-0.1, -0.05) is 12.1 Å². The van der Waals surface area contributed by atoms with Crippen LogP contribution >= 0.6 is 0 Å². The molecule has 2 aliphatic rings. The first-order valence-corrected chi connectivity index (χ1v) is 7.99. The quantitative estimate of drug-likeness (QED) is 0.796. The standard InChI is InChI=1S/C19H17NO4/c1-12(21)14-5-4-13-3-2-8-20(16(13)9-14)19(22)15-6-7-17-18(10-15)24-11-23-17/h4-7,9-10H,2-3,8,11H2,1H3. The van der Waals surface area contributed by atoms with E-state index >= 15 is 0 Å². The van der Waals surface area contributed by atoms with E-state index in [4.69, 9.17) is 9.47 Å². The minimum Gasteiger partial charge on any atom is -0.454 e. The smallest absolute Gasteiger partial charge is 0.258 e. The van der Waals surface area contributed by atoms with E-state index in [1.54, 1.807) is 23.1 Å². The Labute approximate surface area is 139 Å². The van der Waals surface area contributed by atoms with Crippen molar-refractivity contribution in [1.29, 1.82) is 0 Å². The highest BCUT2D eigenvalue weighted by molar-refractivity contribution is 6.08. The van der Waals surface area contributed by atoms with E-state index in [1.807, 2.05) is 18.2 Å². The van der Waals surface area contributed by atoms with Crippen LogP contribution in [0.4, 0.5) is 5.69 Å². The fraction of sp³-hybridized carbons (Fsp3) is 0.263. The summed E-state index contributed by atoms with van der Waals surface area (Å²) in [5.74, 6) is 1.16. The normalized spacial score (nSPS) is 15.1. The molecule has 4 rings (SSSR count). The lowest BCUT2D eigenvalue weighted by Gasteiger charge is -2.30. The number of aryl methyl sites for hydroxylation is 1. The van der Waals surface area contributed by atoms with Gasteiger partial charge in [0, 0.05) is 23.4 Å². The molecule has 5 heteroatoms. The largest absolute Gasteiger partial charge is 0.454 e. The third kappa shape index (κ3) is 2.42. The summed E-state index contributed by atoms with van der Waals surface area (Å²) >= 11 is 0. The van der Waals surface area contributed by atoms with Crippen LogP contribution in [0.1, 0.15) is 39.6 Å². The Balaban J connectivity index is 1.71. The number of amides is 1. The molecule has 1 amide bonds. The Bertz CT molecular complexity index is 843. The van der Waals surface area contributed by atoms with Crippen LogP contribution in [0.3, 0.4) is 0 Å². The molecule has 0 unspecified atom stereocenters. The van der Waals surface area contributed by atoms with Gasteiger partial charge in [0.1, 0.15) is 0 Å². The van der Waals surface area contributed by atoms with Crippen molar-refractivity contribution >= 4 is 17.4 Å². The highest BCUT2D eigenvalue weighted by Crippen LogP contribution is 2.34. The number of fused-ring (bicyclic) bond motifs is 2. The maximum Gasteiger partial charge on any atom is 0.258 e. The van der Waals surface area contributed by atoms with E-state index in [1.165, 1.54) is 6.92 Å². The first-order chi connectivity index (χ1) is 11.6. The number of carbonyl (C=O) groups is 2. The molecule has 122 valence electrons. The van der Waals surface area contributed by atoms with Crippen molar-refractivity contribution in [3.05, 3.63) is 53.1 Å². The summed E-state index contributed by atoms with van der Waals surface area (Å²) in [6, 6.07) is 10.8. The molecular formula is C19H17NO4. The molecule has 5 nitrogen and oxygen atoms in total. The number of Topliss-reactive ketones (excluding diaryl/α,β-unsaturated/α-hetero) is 1. The summed E-state index contributed by atoms with van der Waals surface area (Å²) < 4.78 is 10.7. The predicted octanol–water partition coefficient (Wildman–Crippen LogP) is 3.21. The van der Waals surface area contributed by atoms with Gasteiger partial charge in [-0.05, 0) is 49.6 Å². The van der Waals surface area contributed by atoms with Gasteiger partial charge >= 0.3 is 0 Å². The van der Waals surface area contributed by atoms with Crippen molar-refractivity contribution in [2.45, 2.75) is 19.8 Å². The highest BCUT2D eigenvalue weighted by atomic mass is 16.7. The number of hydrogen-bond donors (Lipinski definition) is 0. The highest BCUT2D eigenvalue weighted by Gasteiger charge is 2.26. The van der Waals surface area contributed by atoms with Gasteiger partial charge in [-0.3, -0.25) is 9.59 Å². The molecular weight excluding hydrogens is 306 g/mol.